The van der Waals surface area contributed by atoms with Gasteiger partial charge in [0.15, 0.2) is 0 Å². The highest BCUT2D eigenvalue weighted by atomic mass is 19.1. The molecule has 0 spiro atoms. The highest BCUT2D eigenvalue weighted by Crippen LogP contribution is 2.27. The van der Waals surface area contributed by atoms with E-state index in [1.54, 1.807) is 12.1 Å². The number of piperidine rings is 1. The van der Waals surface area contributed by atoms with Crippen molar-refractivity contribution < 1.29 is 13.9 Å². The van der Waals surface area contributed by atoms with Crippen molar-refractivity contribution in [2.45, 2.75) is 37.8 Å². The molecule has 2 aliphatic heterocycles. The molecule has 2 atom stereocenters. The van der Waals surface area contributed by atoms with Crippen LogP contribution in [-0.2, 0) is 15.9 Å². The SMILES string of the molecule is CO[C@H]1CN(C2CCOCC2)CC[C@@H]1Cc1ccc(F)cc1. The summed E-state index contributed by atoms with van der Waals surface area (Å²) >= 11 is 0. The molecule has 0 unspecified atom stereocenters. The first-order valence-electron chi connectivity index (χ1n) is 8.35. The first-order valence-corrected chi connectivity index (χ1v) is 8.35. The van der Waals surface area contributed by atoms with Crippen LogP contribution < -0.4 is 0 Å². The lowest BCUT2D eigenvalue weighted by molar-refractivity contribution is -0.0449. The van der Waals surface area contributed by atoms with Gasteiger partial charge in [-0.05, 0) is 55.8 Å². The summed E-state index contributed by atoms with van der Waals surface area (Å²) in [6, 6.07) is 7.54. The molecule has 0 N–H and O–H groups in total. The first kappa shape index (κ1) is 15.9. The number of hydrogen-bond donors (Lipinski definition) is 0. The van der Waals surface area contributed by atoms with Crippen LogP contribution in [0.25, 0.3) is 0 Å². The summed E-state index contributed by atoms with van der Waals surface area (Å²) < 4.78 is 24.3. The number of methoxy groups -OCH3 is 1. The van der Waals surface area contributed by atoms with Gasteiger partial charge in [-0.3, -0.25) is 4.90 Å². The number of likely N-dealkylation sites (tertiary alicyclic amines) is 1. The Hall–Kier alpha value is -0.970. The molecule has 3 nitrogen and oxygen atoms in total. The van der Waals surface area contributed by atoms with E-state index in [9.17, 15) is 4.39 Å². The smallest absolute Gasteiger partial charge is 0.123 e. The molecule has 1 aromatic rings. The van der Waals surface area contributed by atoms with Crippen molar-refractivity contribution in [3.63, 3.8) is 0 Å². The molecule has 4 heteroatoms. The Labute approximate surface area is 132 Å². The van der Waals surface area contributed by atoms with E-state index in [1.807, 2.05) is 19.2 Å². The van der Waals surface area contributed by atoms with E-state index in [0.29, 0.717) is 12.0 Å². The van der Waals surface area contributed by atoms with Gasteiger partial charge >= 0.3 is 0 Å². The topological polar surface area (TPSA) is 21.7 Å². The molecular formula is C18H26FNO2. The second-order valence-corrected chi connectivity index (χ2v) is 6.49. The number of hydrogen-bond acceptors (Lipinski definition) is 3. The van der Waals surface area contributed by atoms with Gasteiger partial charge in [-0.1, -0.05) is 12.1 Å². The highest BCUT2D eigenvalue weighted by molar-refractivity contribution is 5.17. The van der Waals surface area contributed by atoms with Crippen LogP contribution in [0.4, 0.5) is 4.39 Å². The lowest BCUT2D eigenvalue weighted by Gasteiger charge is -2.43. The molecule has 1 aromatic carbocycles. The van der Waals surface area contributed by atoms with E-state index in [0.717, 1.165) is 52.0 Å². The maximum Gasteiger partial charge on any atom is 0.123 e. The van der Waals surface area contributed by atoms with Gasteiger partial charge in [-0.2, -0.15) is 0 Å². The Morgan fingerprint density at radius 1 is 1.18 bits per heavy atom. The van der Waals surface area contributed by atoms with Gasteiger partial charge in [0.25, 0.3) is 0 Å². The first-order chi connectivity index (χ1) is 10.8. The number of nitrogens with zero attached hydrogens (tertiary/aromatic N) is 1. The minimum Gasteiger partial charge on any atom is -0.381 e. The van der Waals surface area contributed by atoms with Crippen molar-refractivity contribution in [3.8, 4) is 0 Å². The number of benzene rings is 1. The largest absolute Gasteiger partial charge is 0.381 e. The van der Waals surface area contributed by atoms with E-state index < -0.39 is 0 Å². The summed E-state index contributed by atoms with van der Waals surface area (Å²) in [5.41, 5.74) is 1.20. The second kappa shape index (κ2) is 7.53. The number of halogens is 1. The molecule has 2 aliphatic rings. The van der Waals surface area contributed by atoms with Gasteiger partial charge in [0.05, 0.1) is 6.10 Å². The number of ether oxygens (including phenoxy) is 2. The van der Waals surface area contributed by atoms with Gasteiger partial charge in [0.1, 0.15) is 5.82 Å². The lowest BCUT2D eigenvalue weighted by Crippen LogP contribution is -2.51. The molecule has 22 heavy (non-hydrogen) atoms. The van der Waals surface area contributed by atoms with Gasteiger partial charge < -0.3 is 9.47 Å². The number of rotatable bonds is 4. The maximum atomic E-state index is 13.0. The highest BCUT2D eigenvalue weighted by Gasteiger charge is 2.33. The van der Waals surface area contributed by atoms with Gasteiger partial charge in [-0.25, -0.2) is 4.39 Å². The third-order valence-corrected chi connectivity index (χ3v) is 5.15. The third-order valence-electron chi connectivity index (χ3n) is 5.15. The quantitative estimate of drug-likeness (QED) is 0.854. The minimum absolute atomic E-state index is 0.165. The molecule has 122 valence electrons. The van der Waals surface area contributed by atoms with Crippen LogP contribution in [0.1, 0.15) is 24.8 Å². The maximum absolute atomic E-state index is 13.0. The molecule has 0 aliphatic carbocycles. The Bertz CT molecular complexity index is 459. The van der Waals surface area contributed by atoms with E-state index >= 15 is 0 Å². The summed E-state index contributed by atoms with van der Waals surface area (Å²) in [4.78, 5) is 2.58. The molecular weight excluding hydrogens is 281 g/mol. The predicted octanol–water partition coefficient (Wildman–Crippen LogP) is 2.88. The van der Waals surface area contributed by atoms with E-state index in [4.69, 9.17) is 9.47 Å². The zero-order chi connectivity index (χ0) is 15.4. The fourth-order valence-electron chi connectivity index (χ4n) is 3.79. The summed E-state index contributed by atoms with van der Waals surface area (Å²) in [5, 5.41) is 0. The van der Waals surface area contributed by atoms with Crippen LogP contribution in [0, 0.1) is 11.7 Å². The molecule has 2 heterocycles. The van der Waals surface area contributed by atoms with Gasteiger partial charge in [0, 0.05) is 32.9 Å². The normalized spacial score (nSPS) is 27.9. The van der Waals surface area contributed by atoms with Gasteiger partial charge in [-0.15, -0.1) is 0 Å². The van der Waals surface area contributed by atoms with Crippen molar-refractivity contribution >= 4 is 0 Å². The predicted molar refractivity (Wildman–Crippen MR) is 84.4 cm³/mol. The van der Waals surface area contributed by atoms with Crippen molar-refractivity contribution in [2.75, 3.05) is 33.4 Å². The molecule has 0 bridgehead atoms. The summed E-state index contributed by atoms with van der Waals surface area (Å²) in [7, 11) is 1.82. The Morgan fingerprint density at radius 3 is 2.59 bits per heavy atom. The van der Waals surface area contributed by atoms with Crippen LogP contribution in [0.15, 0.2) is 24.3 Å². The average Bonchev–Trinajstić information content (AvgIpc) is 2.58. The fraction of sp³-hybridized carbons (Fsp3) is 0.667. The van der Waals surface area contributed by atoms with Gasteiger partial charge in [0.2, 0.25) is 0 Å². The molecule has 0 saturated carbocycles. The summed E-state index contributed by atoms with van der Waals surface area (Å²) in [5.74, 6) is 0.355. The van der Waals surface area contributed by atoms with Crippen molar-refractivity contribution in [1.29, 1.82) is 0 Å². The molecule has 0 radical (unpaired) electrons. The Balaban J connectivity index is 1.58. The van der Waals surface area contributed by atoms with Crippen LogP contribution in [0.5, 0.6) is 0 Å². The van der Waals surface area contributed by atoms with E-state index in [1.165, 1.54) is 5.56 Å². The molecule has 2 saturated heterocycles. The third kappa shape index (κ3) is 3.86. The molecule has 3 rings (SSSR count). The fourth-order valence-corrected chi connectivity index (χ4v) is 3.79. The lowest BCUT2D eigenvalue weighted by atomic mass is 9.86. The standard InChI is InChI=1S/C18H26FNO2/c1-21-18-13-20(17-7-10-22-11-8-17)9-6-15(18)12-14-2-4-16(19)5-3-14/h2-5,15,17-18H,6-13H2,1H3/t15-,18+/m1/s1. The van der Waals surface area contributed by atoms with Crippen LogP contribution >= 0.6 is 0 Å². The minimum atomic E-state index is -0.165. The molecule has 0 amide bonds. The van der Waals surface area contributed by atoms with Crippen molar-refractivity contribution in [1.82, 2.24) is 4.90 Å². The molecule has 0 aromatic heterocycles. The van der Waals surface area contributed by atoms with Crippen LogP contribution in [0.3, 0.4) is 0 Å². The monoisotopic (exact) mass is 307 g/mol. The zero-order valence-corrected chi connectivity index (χ0v) is 13.3. The van der Waals surface area contributed by atoms with E-state index in [2.05, 4.69) is 4.90 Å². The summed E-state index contributed by atoms with van der Waals surface area (Å²) in [6.07, 6.45) is 4.66. The van der Waals surface area contributed by atoms with Crippen molar-refractivity contribution in [3.05, 3.63) is 35.6 Å². The zero-order valence-electron chi connectivity index (χ0n) is 13.3. The Morgan fingerprint density at radius 2 is 1.91 bits per heavy atom. The van der Waals surface area contributed by atoms with Crippen LogP contribution in [-0.4, -0.2) is 50.5 Å². The van der Waals surface area contributed by atoms with Crippen molar-refractivity contribution in [2.24, 2.45) is 5.92 Å². The summed E-state index contributed by atoms with van der Waals surface area (Å²) in [6.45, 7) is 3.92. The van der Waals surface area contributed by atoms with E-state index in [-0.39, 0.29) is 11.9 Å². The Kier molecular flexibility index (Phi) is 5.45. The molecule has 2 fully saturated rings. The van der Waals surface area contributed by atoms with Crippen LogP contribution in [0.2, 0.25) is 0 Å². The average molecular weight is 307 g/mol. The second-order valence-electron chi connectivity index (χ2n) is 6.49.